The van der Waals surface area contributed by atoms with Crippen LogP contribution >= 0.6 is 43.6 Å². The number of halogens is 2. The van der Waals surface area contributed by atoms with Crippen LogP contribution in [0, 0.1) is 0 Å². The molecule has 1 aromatic rings. The molecule has 0 amide bonds. The summed E-state index contributed by atoms with van der Waals surface area (Å²) in [5.41, 5.74) is 6.50. The summed E-state index contributed by atoms with van der Waals surface area (Å²) in [7, 11) is 0. The molecule has 0 aliphatic rings. The van der Waals surface area contributed by atoms with Crippen LogP contribution in [0.1, 0.15) is 13.8 Å². The van der Waals surface area contributed by atoms with Gasteiger partial charge in [-0.3, -0.25) is 0 Å². The number of hydrogen-bond acceptors (Lipinski definition) is 2. The van der Waals surface area contributed by atoms with E-state index in [1.807, 2.05) is 23.9 Å². The minimum absolute atomic E-state index is 0.576. The number of rotatable bonds is 2. The quantitative estimate of drug-likeness (QED) is 0.648. The second-order valence-electron chi connectivity index (χ2n) is 2.97. The molecule has 13 heavy (non-hydrogen) atoms. The first-order valence-corrected chi connectivity index (χ1v) is 6.38. The zero-order valence-electron chi connectivity index (χ0n) is 7.47. The molecule has 0 saturated heterocycles. The van der Waals surface area contributed by atoms with Gasteiger partial charge in [0.25, 0.3) is 0 Å². The van der Waals surface area contributed by atoms with Crippen LogP contribution in [0.25, 0.3) is 0 Å². The molecule has 0 heterocycles. The van der Waals surface area contributed by atoms with Crippen LogP contribution < -0.4 is 5.73 Å². The van der Waals surface area contributed by atoms with Crippen molar-refractivity contribution in [3.63, 3.8) is 0 Å². The van der Waals surface area contributed by atoms with Crippen LogP contribution in [-0.2, 0) is 0 Å². The Morgan fingerprint density at radius 3 is 2.38 bits per heavy atom. The largest absolute Gasteiger partial charge is 0.398 e. The summed E-state index contributed by atoms with van der Waals surface area (Å²) in [5, 5.41) is 0.576. The maximum Gasteiger partial charge on any atom is 0.0470 e. The van der Waals surface area contributed by atoms with E-state index in [2.05, 4.69) is 45.7 Å². The molecule has 0 unspecified atom stereocenters. The van der Waals surface area contributed by atoms with Crippen LogP contribution in [0.3, 0.4) is 0 Å². The van der Waals surface area contributed by atoms with Gasteiger partial charge in [-0.2, -0.15) is 0 Å². The fourth-order valence-electron chi connectivity index (χ4n) is 0.888. The first-order valence-electron chi connectivity index (χ1n) is 3.92. The van der Waals surface area contributed by atoms with Crippen molar-refractivity contribution >= 4 is 49.3 Å². The average molecular weight is 325 g/mol. The van der Waals surface area contributed by atoms with E-state index in [1.54, 1.807) is 0 Å². The highest BCUT2D eigenvalue weighted by molar-refractivity contribution is 9.11. The van der Waals surface area contributed by atoms with Crippen LogP contribution in [0.2, 0.25) is 0 Å². The molecule has 0 radical (unpaired) electrons. The Balaban J connectivity index is 3.01. The van der Waals surface area contributed by atoms with E-state index in [4.69, 9.17) is 5.73 Å². The van der Waals surface area contributed by atoms with E-state index in [9.17, 15) is 0 Å². The summed E-state index contributed by atoms with van der Waals surface area (Å²) in [4.78, 5) is 1.22. The number of anilines is 1. The van der Waals surface area contributed by atoms with Crippen molar-refractivity contribution in [2.75, 3.05) is 5.73 Å². The highest BCUT2D eigenvalue weighted by Crippen LogP contribution is 2.35. The van der Waals surface area contributed by atoms with Crippen molar-refractivity contribution in [2.24, 2.45) is 0 Å². The molecule has 0 saturated carbocycles. The van der Waals surface area contributed by atoms with Crippen molar-refractivity contribution in [3.8, 4) is 0 Å². The van der Waals surface area contributed by atoms with Crippen LogP contribution in [-0.4, -0.2) is 5.25 Å². The minimum Gasteiger partial charge on any atom is -0.398 e. The summed E-state index contributed by atoms with van der Waals surface area (Å²) in [6, 6.07) is 3.97. The van der Waals surface area contributed by atoms with Gasteiger partial charge in [-0.05, 0) is 44.0 Å². The van der Waals surface area contributed by atoms with E-state index in [-0.39, 0.29) is 0 Å². The molecule has 0 spiro atoms. The Bertz CT molecular complexity index is 313. The van der Waals surface area contributed by atoms with Gasteiger partial charge in [0.05, 0.1) is 0 Å². The Labute approximate surface area is 99.7 Å². The Morgan fingerprint density at radius 2 is 1.85 bits per heavy atom. The molecule has 0 fully saturated rings. The summed E-state index contributed by atoms with van der Waals surface area (Å²) >= 11 is 8.71. The van der Waals surface area contributed by atoms with Gasteiger partial charge in [0.2, 0.25) is 0 Å². The third-order valence-corrected chi connectivity index (χ3v) is 4.08. The van der Waals surface area contributed by atoms with Gasteiger partial charge < -0.3 is 5.73 Å². The molecule has 72 valence electrons. The summed E-state index contributed by atoms with van der Waals surface area (Å²) in [6.07, 6.45) is 0. The molecule has 4 heteroatoms. The van der Waals surface area contributed by atoms with Crippen LogP contribution in [0.5, 0.6) is 0 Å². The van der Waals surface area contributed by atoms with Gasteiger partial charge in [0, 0.05) is 24.8 Å². The van der Waals surface area contributed by atoms with Gasteiger partial charge in [-0.25, -0.2) is 0 Å². The number of nitrogen functional groups attached to an aromatic ring is 1. The number of thioether (sulfide) groups is 1. The zero-order valence-corrected chi connectivity index (χ0v) is 11.5. The summed E-state index contributed by atoms with van der Waals surface area (Å²) in [6.45, 7) is 4.34. The second kappa shape index (κ2) is 4.71. The van der Waals surface area contributed by atoms with Crippen molar-refractivity contribution < 1.29 is 0 Å². The van der Waals surface area contributed by atoms with Gasteiger partial charge >= 0.3 is 0 Å². The van der Waals surface area contributed by atoms with Crippen molar-refractivity contribution in [1.29, 1.82) is 0 Å². The van der Waals surface area contributed by atoms with E-state index in [0.29, 0.717) is 5.25 Å². The highest BCUT2D eigenvalue weighted by Gasteiger charge is 2.06. The average Bonchev–Trinajstić information content (AvgIpc) is 1.99. The van der Waals surface area contributed by atoms with E-state index >= 15 is 0 Å². The molecule has 0 aliphatic carbocycles. The highest BCUT2D eigenvalue weighted by atomic mass is 79.9. The predicted octanol–water partition coefficient (Wildman–Crippen LogP) is 4.29. The fraction of sp³-hybridized carbons (Fsp3) is 0.333. The normalized spacial score (nSPS) is 10.8. The van der Waals surface area contributed by atoms with Gasteiger partial charge in [-0.1, -0.05) is 13.8 Å². The molecule has 0 atom stereocenters. The smallest absolute Gasteiger partial charge is 0.0470 e. The van der Waals surface area contributed by atoms with E-state index in [0.717, 1.165) is 14.6 Å². The maximum atomic E-state index is 5.73. The summed E-state index contributed by atoms with van der Waals surface area (Å²) < 4.78 is 2.02. The van der Waals surface area contributed by atoms with Crippen molar-refractivity contribution in [1.82, 2.24) is 0 Å². The number of hydrogen-bond donors (Lipinski definition) is 1. The minimum atomic E-state index is 0.576. The Kier molecular flexibility index (Phi) is 4.13. The van der Waals surface area contributed by atoms with Crippen LogP contribution in [0.4, 0.5) is 5.69 Å². The lowest BCUT2D eigenvalue weighted by Crippen LogP contribution is -1.91. The number of benzene rings is 1. The molecule has 0 aliphatic heterocycles. The topological polar surface area (TPSA) is 26.0 Å². The second-order valence-corrected chi connectivity index (χ2v) is 6.30. The molecule has 1 nitrogen and oxygen atoms in total. The standard InChI is InChI=1S/C9H11Br2NS/c1-5(2)13-9-4-6(10)8(12)3-7(9)11/h3-5H,12H2,1-2H3. The molecular formula is C9H11Br2NS. The molecular weight excluding hydrogens is 314 g/mol. The van der Waals surface area contributed by atoms with Crippen LogP contribution in [0.15, 0.2) is 26.0 Å². The Morgan fingerprint density at radius 1 is 1.23 bits per heavy atom. The van der Waals surface area contributed by atoms with Gasteiger partial charge in [0.15, 0.2) is 0 Å². The SMILES string of the molecule is CC(C)Sc1cc(Br)c(N)cc1Br. The third kappa shape index (κ3) is 3.18. The zero-order chi connectivity index (χ0) is 10.0. The predicted molar refractivity (Wildman–Crippen MR) is 67.2 cm³/mol. The lowest BCUT2D eigenvalue weighted by molar-refractivity contribution is 1.11. The molecule has 0 aromatic heterocycles. The first-order chi connectivity index (χ1) is 6.00. The molecule has 2 N–H and O–H groups in total. The fourth-order valence-corrected chi connectivity index (χ4v) is 2.89. The monoisotopic (exact) mass is 323 g/mol. The molecule has 1 rings (SSSR count). The van der Waals surface area contributed by atoms with Gasteiger partial charge in [-0.15, -0.1) is 11.8 Å². The summed E-state index contributed by atoms with van der Waals surface area (Å²) in [5.74, 6) is 0. The first kappa shape index (κ1) is 11.4. The van der Waals surface area contributed by atoms with Crippen molar-refractivity contribution in [3.05, 3.63) is 21.1 Å². The van der Waals surface area contributed by atoms with Crippen molar-refractivity contribution in [2.45, 2.75) is 24.0 Å². The van der Waals surface area contributed by atoms with Gasteiger partial charge in [0.1, 0.15) is 0 Å². The number of nitrogens with two attached hydrogens (primary N) is 1. The lowest BCUT2D eigenvalue weighted by Gasteiger charge is -2.09. The lowest BCUT2D eigenvalue weighted by atomic mass is 10.3. The third-order valence-electron chi connectivity index (χ3n) is 1.41. The Hall–Kier alpha value is 0.330. The molecule has 0 bridgehead atoms. The van der Waals surface area contributed by atoms with E-state index < -0.39 is 0 Å². The van der Waals surface area contributed by atoms with E-state index in [1.165, 1.54) is 4.90 Å². The molecule has 1 aromatic carbocycles. The maximum absolute atomic E-state index is 5.73.